The minimum Gasteiger partial charge on any atom is -0.413 e. The Labute approximate surface area is 146 Å². The zero-order chi connectivity index (χ0) is 19.0. The molecule has 1 aromatic rings. The van der Waals surface area contributed by atoms with Gasteiger partial charge in [0.1, 0.15) is 0 Å². The molecule has 1 aliphatic rings. The van der Waals surface area contributed by atoms with Gasteiger partial charge in [-0.15, -0.1) is 0 Å². The number of nitrogens with zero attached hydrogens (tertiary/aromatic N) is 2. The van der Waals surface area contributed by atoms with Gasteiger partial charge in [0.25, 0.3) is 0 Å². The number of carbonyl (C=O) groups excluding carboxylic acids is 1. The third kappa shape index (κ3) is 4.41. The molecule has 25 heavy (non-hydrogen) atoms. The molecular formula is C17H21F3N2O2Si. The molecule has 4 nitrogen and oxygen atoms in total. The second kappa shape index (κ2) is 6.81. The number of alkyl halides is 3. The minimum atomic E-state index is -4.64. The molecule has 0 spiro atoms. The Morgan fingerprint density at radius 1 is 1.36 bits per heavy atom. The lowest BCUT2D eigenvalue weighted by atomic mass is 10.1. The van der Waals surface area contributed by atoms with E-state index in [1.54, 1.807) is 0 Å². The third-order valence-electron chi connectivity index (χ3n) is 4.02. The molecule has 2 atom stereocenters. The first kappa shape index (κ1) is 19.5. The van der Waals surface area contributed by atoms with Gasteiger partial charge in [0.2, 0.25) is 5.91 Å². The number of amides is 1. The molecular weight excluding hydrogens is 349 g/mol. The standard InChI is InChI=1S/C17H21F3N2O2Si/c1-11(24-25(3,4)5)15-8-9-16(23)22(15)12-6-7-14(21-2)13(10-12)17(18,19)20/h6-7,10-11,15H,8-9H2,1,3-5H3/t11?,15-/m1/s1. The number of benzene rings is 1. The lowest BCUT2D eigenvalue weighted by Crippen LogP contribution is -2.45. The van der Waals surface area contributed by atoms with E-state index in [9.17, 15) is 18.0 Å². The number of rotatable bonds is 4. The van der Waals surface area contributed by atoms with Gasteiger partial charge in [-0.2, -0.15) is 13.2 Å². The topological polar surface area (TPSA) is 33.9 Å². The van der Waals surface area contributed by atoms with Gasteiger partial charge in [0.15, 0.2) is 14.0 Å². The van der Waals surface area contributed by atoms with Crippen LogP contribution in [0.3, 0.4) is 0 Å². The summed E-state index contributed by atoms with van der Waals surface area (Å²) in [5.41, 5.74) is -1.32. The van der Waals surface area contributed by atoms with Crippen LogP contribution >= 0.6 is 0 Å². The Morgan fingerprint density at radius 3 is 2.52 bits per heavy atom. The Bertz CT molecular complexity index is 707. The summed E-state index contributed by atoms with van der Waals surface area (Å²) in [6.45, 7) is 14.8. The van der Waals surface area contributed by atoms with Crippen LogP contribution in [0, 0.1) is 6.57 Å². The van der Waals surface area contributed by atoms with Gasteiger partial charge in [-0.1, -0.05) is 6.07 Å². The highest BCUT2D eigenvalue weighted by Gasteiger charge is 2.40. The summed E-state index contributed by atoms with van der Waals surface area (Å²) < 4.78 is 45.7. The average Bonchev–Trinajstić information content (AvgIpc) is 2.86. The molecule has 1 fully saturated rings. The van der Waals surface area contributed by atoms with Crippen molar-refractivity contribution in [2.24, 2.45) is 0 Å². The molecule has 0 aromatic heterocycles. The molecule has 0 bridgehead atoms. The summed E-state index contributed by atoms with van der Waals surface area (Å²) in [6, 6.07) is 3.11. The van der Waals surface area contributed by atoms with E-state index in [4.69, 9.17) is 11.0 Å². The Hall–Kier alpha value is -1.85. The predicted octanol–water partition coefficient (Wildman–Crippen LogP) is 4.99. The predicted molar refractivity (Wildman–Crippen MR) is 92.1 cm³/mol. The molecule has 2 rings (SSSR count). The van der Waals surface area contributed by atoms with Gasteiger partial charge in [-0.3, -0.25) is 4.79 Å². The van der Waals surface area contributed by atoms with E-state index < -0.39 is 25.7 Å². The molecule has 1 aromatic carbocycles. The van der Waals surface area contributed by atoms with Gasteiger partial charge in [-0.05, 0) is 45.1 Å². The lowest BCUT2D eigenvalue weighted by molar-refractivity contribution is -0.136. The molecule has 0 saturated carbocycles. The van der Waals surface area contributed by atoms with Gasteiger partial charge < -0.3 is 9.33 Å². The zero-order valence-electron chi connectivity index (χ0n) is 14.6. The van der Waals surface area contributed by atoms with E-state index >= 15 is 0 Å². The maximum Gasteiger partial charge on any atom is 0.407 e. The highest BCUT2D eigenvalue weighted by atomic mass is 28.4. The van der Waals surface area contributed by atoms with Crippen LogP contribution in [0.5, 0.6) is 0 Å². The first-order chi connectivity index (χ1) is 11.4. The first-order valence-electron chi connectivity index (χ1n) is 8.02. The Kier molecular flexibility index (Phi) is 5.30. The van der Waals surface area contributed by atoms with Crippen molar-refractivity contribution in [2.75, 3.05) is 4.90 Å². The van der Waals surface area contributed by atoms with Crippen molar-refractivity contribution >= 4 is 25.6 Å². The van der Waals surface area contributed by atoms with Crippen LogP contribution in [-0.2, 0) is 15.4 Å². The maximum atomic E-state index is 13.2. The summed E-state index contributed by atoms with van der Waals surface area (Å²) in [4.78, 5) is 16.6. The van der Waals surface area contributed by atoms with E-state index in [0.717, 1.165) is 12.1 Å². The summed E-state index contributed by atoms with van der Waals surface area (Å²) >= 11 is 0. The smallest absolute Gasteiger partial charge is 0.407 e. The van der Waals surface area contributed by atoms with E-state index in [1.807, 2.05) is 26.6 Å². The summed E-state index contributed by atoms with van der Waals surface area (Å²) in [5, 5.41) is 0. The van der Waals surface area contributed by atoms with Crippen molar-refractivity contribution in [3.8, 4) is 0 Å². The molecule has 1 aliphatic heterocycles. The van der Waals surface area contributed by atoms with Crippen molar-refractivity contribution < 1.29 is 22.4 Å². The summed E-state index contributed by atoms with van der Waals surface area (Å²) in [6.07, 6.45) is -4.10. The fourth-order valence-corrected chi connectivity index (χ4v) is 4.39. The van der Waals surface area contributed by atoms with Gasteiger partial charge in [0.05, 0.1) is 24.3 Å². The van der Waals surface area contributed by atoms with E-state index in [0.29, 0.717) is 6.42 Å². The molecule has 1 amide bonds. The fraction of sp³-hybridized carbons (Fsp3) is 0.529. The molecule has 1 unspecified atom stereocenters. The Balaban J connectivity index is 2.41. The van der Waals surface area contributed by atoms with Crippen molar-refractivity contribution in [2.45, 2.75) is 57.7 Å². The van der Waals surface area contributed by atoms with Gasteiger partial charge in [0, 0.05) is 12.1 Å². The summed E-state index contributed by atoms with van der Waals surface area (Å²) in [7, 11) is -1.85. The van der Waals surface area contributed by atoms with E-state index in [2.05, 4.69) is 4.85 Å². The molecule has 136 valence electrons. The monoisotopic (exact) mass is 370 g/mol. The van der Waals surface area contributed by atoms with Crippen LogP contribution in [0.4, 0.5) is 24.5 Å². The van der Waals surface area contributed by atoms with Crippen LogP contribution in [0.15, 0.2) is 18.2 Å². The van der Waals surface area contributed by atoms with E-state index in [-0.39, 0.29) is 30.2 Å². The van der Waals surface area contributed by atoms with Crippen LogP contribution in [0.1, 0.15) is 25.3 Å². The molecule has 1 heterocycles. The quantitative estimate of drug-likeness (QED) is 0.553. The number of halogens is 3. The second-order valence-electron chi connectivity index (χ2n) is 7.12. The number of hydrogen-bond acceptors (Lipinski definition) is 2. The molecule has 0 aliphatic carbocycles. The van der Waals surface area contributed by atoms with Gasteiger partial charge in [-0.25, -0.2) is 4.85 Å². The second-order valence-corrected chi connectivity index (χ2v) is 11.6. The average molecular weight is 370 g/mol. The zero-order valence-corrected chi connectivity index (χ0v) is 15.6. The Morgan fingerprint density at radius 2 is 2.00 bits per heavy atom. The van der Waals surface area contributed by atoms with Crippen LogP contribution in [0.2, 0.25) is 19.6 Å². The van der Waals surface area contributed by atoms with Crippen molar-refractivity contribution in [1.82, 2.24) is 0 Å². The van der Waals surface area contributed by atoms with Gasteiger partial charge >= 0.3 is 6.18 Å². The van der Waals surface area contributed by atoms with Crippen LogP contribution < -0.4 is 4.90 Å². The van der Waals surface area contributed by atoms with Crippen LogP contribution in [-0.4, -0.2) is 26.4 Å². The molecule has 1 saturated heterocycles. The number of anilines is 1. The third-order valence-corrected chi connectivity index (χ3v) is 5.10. The largest absolute Gasteiger partial charge is 0.413 e. The highest BCUT2D eigenvalue weighted by Crippen LogP contribution is 2.40. The van der Waals surface area contributed by atoms with Crippen LogP contribution in [0.25, 0.3) is 4.85 Å². The summed E-state index contributed by atoms with van der Waals surface area (Å²) in [5.74, 6) is -0.222. The SMILES string of the molecule is [C-]#[N+]c1ccc(N2C(=O)CC[C@@H]2C(C)O[Si](C)(C)C)cc1C(F)(F)F. The van der Waals surface area contributed by atoms with Crippen molar-refractivity contribution in [3.63, 3.8) is 0 Å². The number of carbonyl (C=O) groups is 1. The van der Waals surface area contributed by atoms with E-state index in [1.165, 1.54) is 11.0 Å². The highest BCUT2D eigenvalue weighted by molar-refractivity contribution is 6.69. The maximum absolute atomic E-state index is 13.2. The minimum absolute atomic E-state index is 0.165. The molecule has 8 heteroatoms. The van der Waals surface area contributed by atoms with Crippen molar-refractivity contribution in [3.05, 3.63) is 35.2 Å². The normalized spacial score (nSPS) is 19.8. The van der Waals surface area contributed by atoms with Crippen molar-refractivity contribution in [1.29, 1.82) is 0 Å². The fourth-order valence-electron chi connectivity index (χ4n) is 3.12. The first-order valence-corrected chi connectivity index (χ1v) is 11.4. The molecule has 0 radical (unpaired) electrons. The number of hydrogen-bond donors (Lipinski definition) is 0. The molecule has 0 N–H and O–H groups in total. The lowest BCUT2D eigenvalue weighted by Gasteiger charge is -2.34.